The lowest BCUT2D eigenvalue weighted by molar-refractivity contribution is 0.0839. The average Bonchev–Trinajstić information content (AvgIpc) is 2.85. The number of benzene rings is 1. The first-order valence-corrected chi connectivity index (χ1v) is 6.85. The van der Waals surface area contributed by atoms with E-state index in [1.165, 1.54) is 0 Å². The van der Waals surface area contributed by atoms with Crippen molar-refractivity contribution in [3.63, 3.8) is 0 Å². The van der Waals surface area contributed by atoms with E-state index in [0.717, 1.165) is 23.3 Å². The summed E-state index contributed by atoms with van der Waals surface area (Å²) < 4.78 is 0. The molecule has 1 saturated heterocycles. The van der Waals surface area contributed by atoms with Crippen LogP contribution in [0.5, 0.6) is 0 Å². The minimum atomic E-state index is -0.704. The monoisotopic (exact) mass is 286 g/mol. The van der Waals surface area contributed by atoms with Crippen molar-refractivity contribution >= 4 is 22.6 Å². The van der Waals surface area contributed by atoms with Gasteiger partial charge in [-0.25, -0.2) is 4.98 Å². The van der Waals surface area contributed by atoms with Gasteiger partial charge >= 0.3 is 0 Å². The SMILES string of the molecule is CC1(O)CCN(c2cc(/C(N)=N/O)c3ccccc3n2)C1. The van der Waals surface area contributed by atoms with Crippen LogP contribution in [0.2, 0.25) is 0 Å². The number of hydrogen-bond donors (Lipinski definition) is 3. The Labute approximate surface area is 122 Å². The van der Waals surface area contributed by atoms with Gasteiger partial charge in [-0.15, -0.1) is 0 Å². The third-order valence-electron chi connectivity index (χ3n) is 3.86. The van der Waals surface area contributed by atoms with Crippen LogP contribution in [0.15, 0.2) is 35.5 Å². The first-order chi connectivity index (χ1) is 10.00. The van der Waals surface area contributed by atoms with Crippen molar-refractivity contribution in [1.82, 2.24) is 4.98 Å². The van der Waals surface area contributed by atoms with Crippen LogP contribution in [0.4, 0.5) is 5.82 Å². The zero-order valence-corrected chi connectivity index (χ0v) is 11.8. The second-order valence-corrected chi connectivity index (χ2v) is 5.70. The highest BCUT2D eigenvalue weighted by Crippen LogP contribution is 2.28. The molecule has 0 amide bonds. The van der Waals surface area contributed by atoms with Crippen LogP contribution in [0.25, 0.3) is 10.9 Å². The van der Waals surface area contributed by atoms with Gasteiger partial charge in [0.15, 0.2) is 5.84 Å². The van der Waals surface area contributed by atoms with Crippen molar-refractivity contribution in [2.24, 2.45) is 10.9 Å². The first kappa shape index (κ1) is 13.6. The number of nitrogens with two attached hydrogens (primary N) is 1. The van der Waals surface area contributed by atoms with Gasteiger partial charge in [0.1, 0.15) is 5.82 Å². The number of rotatable bonds is 2. The molecule has 0 bridgehead atoms. The number of nitrogens with zero attached hydrogens (tertiary/aromatic N) is 3. The molecule has 2 heterocycles. The van der Waals surface area contributed by atoms with E-state index in [-0.39, 0.29) is 5.84 Å². The summed E-state index contributed by atoms with van der Waals surface area (Å²) in [4.78, 5) is 6.64. The van der Waals surface area contributed by atoms with E-state index in [0.29, 0.717) is 18.5 Å². The fourth-order valence-corrected chi connectivity index (χ4v) is 2.73. The van der Waals surface area contributed by atoms with E-state index in [4.69, 9.17) is 10.9 Å². The van der Waals surface area contributed by atoms with Crippen molar-refractivity contribution in [3.05, 3.63) is 35.9 Å². The molecule has 0 aliphatic carbocycles. The number of anilines is 1. The Bertz CT molecular complexity index is 712. The number of β-amino-alcohol motifs (C(OH)–C–C–N with tert-alkyl or cyclic N) is 1. The predicted molar refractivity (Wildman–Crippen MR) is 81.7 cm³/mol. The van der Waals surface area contributed by atoms with Gasteiger partial charge in [0, 0.05) is 24.0 Å². The van der Waals surface area contributed by atoms with Gasteiger partial charge in [-0.05, 0) is 25.5 Å². The van der Waals surface area contributed by atoms with Crippen LogP contribution in [0.1, 0.15) is 18.9 Å². The van der Waals surface area contributed by atoms with E-state index in [9.17, 15) is 5.11 Å². The molecule has 1 aromatic heterocycles. The van der Waals surface area contributed by atoms with Crippen molar-refractivity contribution in [2.75, 3.05) is 18.0 Å². The lowest BCUT2D eigenvalue weighted by atomic mass is 10.1. The number of aromatic nitrogens is 1. The number of oxime groups is 1. The van der Waals surface area contributed by atoms with Gasteiger partial charge in [-0.1, -0.05) is 23.4 Å². The van der Waals surface area contributed by atoms with Gasteiger partial charge in [0.2, 0.25) is 0 Å². The quantitative estimate of drug-likeness (QED) is 0.335. The number of pyridine rings is 1. The Hall–Kier alpha value is -2.34. The maximum absolute atomic E-state index is 10.1. The summed E-state index contributed by atoms with van der Waals surface area (Å²) >= 11 is 0. The molecular weight excluding hydrogens is 268 g/mol. The molecule has 110 valence electrons. The van der Waals surface area contributed by atoms with Gasteiger partial charge < -0.3 is 20.9 Å². The largest absolute Gasteiger partial charge is 0.409 e. The summed E-state index contributed by atoms with van der Waals surface area (Å²) in [7, 11) is 0. The maximum Gasteiger partial charge on any atom is 0.170 e. The van der Waals surface area contributed by atoms with Gasteiger partial charge in [-0.3, -0.25) is 0 Å². The molecule has 1 aliphatic heterocycles. The molecule has 1 aromatic carbocycles. The topological polar surface area (TPSA) is 95.0 Å². The smallest absolute Gasteiger partial charge is 0.170 e. The molecule has 1 unspecified atom stereocenters. The Morgan fingerprint density at radius 2 is 2.19 bits per heavy atom. The molecule has 21 heavy (non-hydrogen) atoms. The van der Waals surface area contributed by atoms with Crippen LogP contribution >= 0.6 is 0 Å². The number of amidine groups is 1. The van der Waals surface area contributed by atoms with Gasteiger partial charge in [-0.2, -0.15) is 0 Å². The van der Waals surface area contributed by atoms with Crippen molar-refractivity contribution in [2.45, 2.75) is 18.9 Å². The van der Waals surface area contributed by atoms with Crippen LogP contribution in [0.3, 0.4) is 0 Å². The molecule has 1 atom stereocenters. The Kier molecular flexibility index (Phi) is 3.17. The molecule has 4 N–H and O–H groups in total. The van der Waals surface area contributed by atoms with E-state index in [1.807, 2.05) is 36.1 Å². The minimum absolute atomic E-state index is 0.0563. The highest BCUT2D eigenvalue weighted by Gasteiger charge is 2.32. The van der Waals surface area contributed by atoms with E-state index in [2.05, 4.69) is 10.1 Å². The molecule has 0 saturated carbocycles. The average molecular weight is 286 g/mol. The van der Waals surface area contributed by atoms with Gasteiger partial charge in [0.05, 0.1) is 11.1 Å². The fourth-order valence-electron chi connectivity index (χ4n) is 2.73. The molecule has 0 spiro atoms. The molecule has 1 aliphatic rings. The van der Waals surface area contributed by atoms with Crippen LogP contribution < -0.4 is 10.6 Å². The Balaban J connectivity index is 2.13. The molecule has 0 radical (unpaired) electrons. The molecule has 1 fully saturated rings. The number of fused-ring (bicyclic) bond motifs is 1. The second-order valence-electron chi connectivity index (χ2n) is 5.70. The fraction of sp³-hybridized carbons (Fsp3) is 0.333. The number of aliphatic hydroxyl groups is 1. The lowest BCUT2D eigenvalue weighted by Gasteiger charge is -2.21. The Morgan fingerprint density at radius 3 is 2.86 bits per heavy atom. The molecular formula is C15H18N4O2. The van der Waals surface area contributed by atoms with Gasteiger partial charge in [0.25, 0.3) is 0 Å². The van der Waals surface area contributed by atoms with Crippen molar-refractivity contribution in [3.8, 4) is 0 Å². The van der Waals surface area contributed by atoms with E-state index >= 15 is 0 Å². The first-order valence-electron chi connectivity index (χ1n) is 6.85. The normalized spacial score (nSPS) is 23.0. The lowest BCUT2D eigenvalue weighted by Crippen LogP contribution is -2.30. The summed E-state index contributed by atoms with van der Waals surface area (Å²) in [5.41, 5.74) is 6.51. The van der Waals surface area contributed by atoms with Crippen molar-refractivity contribution < 1.29 is 10.3 Å². The third kappa shape index (κ3) is 2.50. The number of hydrogen-bond acceptors (Lipinski definition) is 5. The highest BCUT2D eigenvalue weighted by molar-refractivity contribution is 6.08. The highest BCUT2D eigenvalue weighted by atomic mass is 16.4. The molecule has 6 nitrogen and oxygen atoms in total. The summed E-state index contributed by atoms with van der Waals surface area (Å²) in [5.74, 6) is 0.786. The standard InChI is InChI=1S/C15H18N4O2/c1-15(20)6-7-19(9-15)13-8-11(14(16)18-21)10-4-2-3-5-12(10)17-13/h2-5,8,20-21H,6-7,9H2,1H3,(H2,16,18). The third-order valence-corrected chi connectivity index (χ3v) is 3.86. The molecule has 2 aromatic rings. The summed E-state index contributed by atoms with van der Waals surface area (Å²) in [6.07, 6.45) is 0.695. The second kappa shape index (κ2) is 4.89. The predicted octanol–water partition coefficient (Wildman–Crippen LogP) is 1.29. The molecule has 3 rings (SSSR count). The Morgan fingerprint density at radius 1 is 1.43 bits per heavy atom. The summed E-state index contributed by atoms with van der Waals surface area (Å²) in [5, 5.41) is 23.0. The molecule has 6 heteroatoms. The van der Waals surface area contributed by atoms with Crippen LogP contribution in [0, 0.1) is 0 Å². The summed E-state index contributed by atoms with van der Waals surface area (Å²) in [6, 6.07) is 9.37. The van der Waals surface area contributed by atoms with Crippen LogP contribution in [-0.2, 0) is 0 Å². The van der Waals surface area contributed by atoms with E-state index in [1.54, 1.807) is 6.07 Å². The maximum atomic E-state index is 10.1. The van der Waals surface area contributed by atoms with Crippen molar-refractivity contribution in [1.29, 1.82) is 0 Å². The zero-order chi connectivity index (χ0) is 15.0. The number of para-hydroxylation sites is 1. The van der Waals surface area contributed by atoms with Crippen LogP contribution in [-0.4, -0.2) is 39.8 Å². The zero-order valence-electron chi connectivity index (χ0n) is 11.8. The summed E-state index contributed by atoms with van der Waals surface area (Å²) in [6.45, 7) is 3.07. The minimum Gasteiger partial charge on any atom is -0.409 e. The van der Waals surface area contributed by atoms with E-state index < -0.39 is 5.60 Å².